The number of esters is 1. The maximum absolute atomic E-state index is 12.1. The van der Waals surface area contributed by atoms with Gasteiger partial charge in [0, 0.05) is 0 Å². The molecule has 0 aromatic heterocycles. The van der Waals surface area contributed by atoms with E-state index in [1.165, 1.54) is 0 Å². The summed E-state index contributed by atoms with van der Waals surface area (Å²) in [7, 11) is 0. The molecular formula is C24H29NO7S. The van der Waals surface area contributed by atoms with Crippen molar-refractivity contribution in [1.82, 2.24) is 5.32 Å². The van der Waals surface area contributed by atoms with E-state index in [9.17, 15) is 19.2 Å². The van der Waals surface area contributed by atoms with Crippen LogP contribution in [0.15, 0.2) is 23.1 Å². The summed E-state index contributed by atoms with van der Waals surface area (Å²) in [6.07, 6.45) is 9.65. The SMILES string of the molecule is C=O.Cc1cc(/C=C2\SC(=O)NC2=O)ccc1OC(=O)C1CCCC1.O=C(O)C1CCCC1. The number of thioether (sulfide) groups is 1. The number of rotatable bonds is 4. The van der Waals surface area contributed by atoms with Crippen LogP contribution >= 0.6 is 11.8 Å². The van der Waals surface area contributed by atoms with Gasteiger partial charge in [0.1, 0.15) is 12.5 Å². The van der Waals surface area contributed by atoms with Gasteiger partial charge in [-0.25, -0.2) is 0 Å². The summed E-state index contributed by atoms with van der Waals surface area (Å²) in [5.74, 6) is -0.607. The lowest BCUT2D eigenvalue weighted by atomic mass is 10.1. The first-order chi connectivity index (χ1) is 15.8. The summed E-state index contributed by atoms with van der Waals surface area (Å²) >= 11 is 0.882. The zero-order chi connectivity index (χ0) is 24.4. The molecule has 1 aliphatic heterocycles. The number of carbonyl (C=O) groups is 5. The van der Waals surface area contributed by atoms with Crippen molar-refractivity contribution in [2.45, 2.75) is 58.3 Å². The number of carboxylic acid groups (broad SMARTS) is 1. The zero-order valence-corrected chi connectivity index (χ0v) is 19.4. The second-order valence-electron chi connectivity index (χ2n) is 8.10. The molecule has 0 spiro atoms. The molecule has 0 bridgehead atoms. The number of benzene rings is 1. The van der Waals surface area contributed by atoms with Crippen LogP contribution in [0.25, 0.3) is 6.08 Å². The Bertz CT molecular complexity index is 915. The average Bonchev–Trinajstić information content (AvgIpc) is 3.55. The number of hydrogen-bond acceptors (Lipinski definition) is 7. The van der Waals surface area contributed by atoms with Crippen LogP contribution in [0.4, 0.5) is 4.79 Å². The summed E-state index contributed by atoms with van der Waals surface area (Å²) in [6, 6.07) is 5.34. The van der Waals surface area contributed by atoms with Gasteiger partial charge >= 0.3 is 11.9 Å². The van der Waals surface area contributed by atoms with Gasteiger partial charge in [0.25, 0.3) is 11.1 Å². The first kappa shape index (κ1) is 26.3. The van der Waals surface area contributed by atoms with E-state index >= 15 is 0 Å². The van der Waals surface area contributed by atoms with E-state index in [4.69, 9.17) is 14.6 Å². The highest BCUT2D eigenvalue weighted by atomic mass is 32.2. The van der Waals surface area contributed by atoms with Gasteiger partial charge in [0.2, 0.25) is 0 Å². The van der Waals surface area contributed by atoms with Gasteiger partial charge in [0.15, 0.2) is 0 Å². The van der Waals surface area contributed by atoms with E-state index in [1.54, 1.807) is 18.2 Å². The molecule has 3 aliphatic rings. The highest BCUT2D eigenvalue weighted by Crippen LogP contribution is 2.30. The first-order valence-corrected chi connectivity index (χ1v) is 11.7. The van der Waals surface area contributed by atoms with Crippen LogP contribution in [0.2, 0.25) is 0 Å². The fraction of sp³-hybridized carbons (Fsp3) is 0.458. The fourth-order valence-corrected chi connectivity index (χ4v) is 4.66. The van der Waals surface area contributed by atoms with Crippen LogP contribution in [0.3, 0.4) is 0 Å². The molecular weight excluding hydrogens is 446 g/mol. The summed E-state index contributed by atoms with van der Waals surface area (Å²) in [4.78, 5) is 53.3. The van der Waals surface area contributed by atoms with E-state index in [2.05, 4.69) is 5.32 Å². The van der Waals surface area contributed by atoms with Crippen LogP contribution in [-0.2, 0) is 19.2 Å². The largest absolute Gasteiger partial charge is 0.481 e. The molecule has 2 saturated carbocycles. The molecule has 8 nitrogen and oxygen atoms in total. The summed E-state index contributed by atoms with van der Waals surface area (Å²) in [5, 5.41) is 10.3. The topological polar surface area (TPSA) is 127 Å². The van der Waals surface area contributed by atoms with E-state index in [0.29, 0.717) is 10.7 Å². The molecule has 4 rings (SSSR count). The van der Waals surface area contributed by atoms with Crippen LogP contribution in [-0.4, -0.2) is 35.0 Å². The highest BCUT2D eigenvalue weighted by molar-refractivity contribution is 8.18. The third-order valence-corrected chi connectivity index (χ3v) is 6.55. The maximum Gasteiger partial charge on any atom is 0.314 e. The van der Waals surface area contributed by atoms with E-state index in [-0.39, 0.29) is 29.0 Å². The van der Waals surface area contributed by atoms with Gasteiger partial charge in [-0.05, 0) is 73.7 Å². The van der Waals surface area contributed by atoms with Crippen LogP contribution in [0, 0.1) is 18.8 Å². The van der Waals surface area contributed by atoms with Crippen molar-refractivity contribution < 1.29 is 33.8 Å². The van der Waals surface area contributed by atoms with Crippen molar-refractivity contribution in [2.75, 3.05) is 0 Å². The quantitative estimate of drug-likeness (QED) is 0.370. The Morgan fingerprint density at radius 1 is 1.06 bits per heavy atom. The number of aryl methyl sites for hydroxylation is 1. The van der Waals surface area contributed by atoms with Crippen molar-refractivity contribution in [1.29, 1.82) is 0 Å². The molecule has 33 heavy (non-hydrogen) atoms. The number of carbonyl (C=O) groups excluding carboxylic acids is 4. The molecule has 2 N–H and O–H groups in total. The van der Waals surface area contributed by atoms with Gasteiger partial charge in [0.05, 0.1) is 16.7 Å². The van der Waals surface area contributed by atoms with Crippen LogP contribution < -0.4 is 10.1 Å². The minimum absolute atomic E-state index is 0.0146. The minimum atomic E-state index is -0.609. The second kappa shape index (κ2) is 12.9. The van der Waals surface area contributed by atoms with Crippen molar-refractivity contribution >= 4 is 47.7 Å². The second-order valence-corrected chi connectivity index (χ2v) is 9.11. The molecule has 0 atom stereocenters. The van der Waals surface area contributed by atoms with E-state index in [1.807, 2.05) is 19.8 Å². The van der Waals surface area contributed by atoms with Crippen molar-refractivity contribution in [3.8, 4) is 5.75 Å². The van der Waals surface area contributed by atoms with Crippen LogP contribution in [0.5, 0.6) is 5.75 Å². The molecule has 3 fully saturated rings. The van der Waals surface area contributed by atoms with Gasteiger partial charge in [-0.3, -0.25) is 24.5 Å². The standard InChI is InChI=1S/C17H17NO4S.C6H10O2.CH2O/c1-10-8-11(9-14-15(19)18-17(21)23-14)6-7-13(10)22-16(20)12-4-2-3-5-12;7-6(8)5-3-1-2-4-5;1-2/h6-9,12H,2-5H2,1H3,(H,18,19,21);5H,1-4H2,(H,7,8);1H2/b14-9-;;. The Balaban J connectivity index is 0.000000323. The Kier molecular flexibility index (Phi) is 10.3. The Morgan fingerprint density at radius 2 is 1.64 bits per heavy atom. The molecule has 2 amide bonds. The smallest absolute Gasteiger partial charge is 0.314 e. The molecule has 9 heteroatoms. The predicted molar refractivity (Wildman–Crippen MR) is 125 cm³/mol. The van der Waals surface area contributed by atoms with Gasteiger partial charge < -0.3 is 14.6 Å². The lowest BCUT2D eigenvalue weighted by Gasteiger charge is -2.11. The number of nitrogens with one attached hydrogen (secondary N) is 1. The number of imide groups is 1. The molecule has 2 aliphatic carbocycles. The number of amides is 2. The van der Waals surface area contributed by atoms with E-state index < -0.39 is 5.97 Å². The van der Waals surface area contributed by atoms with E-state index in [0.717, 1.165) is 74.3 Å². The average molecular weight is 476 g/mol. The van der Waals surface area contributed by atoms with Crippen molar-refractivity contribution in [3.63, 3.8) is 0 Å². The van der Waals surface area contributed by atoms with Crippen LogP contribution in [0.1, 0.15) is 62.5 Å². The maximum atomic E-state index is 12.1. The molecule has 178 valence electrons. The molecule has 1 aromatic rings. The number of aliphatic carboxylic acids is 1. The third-order valence-electron chi connectivity index (χ3n) is 5.74. The van der Waals surface area contributed by atoms with Gasteiger partial charge in [-0.15, -0.1) is 0 Å². The molecule has 0 unspecified atom stereocenters. The Hall–Kier alpha value is -2.94. The molecule has 0 radical (unpaired) electrons. The normalized spacial score (nSPS) is 19.4. The summed E-state index contributed by atoms with van der Waals surface area (Å²) in [6.45, 7) is 3.85. The third kappa shape index (κ3) is 7.85. The number of hydrogen-bond donors (Lipinski definition) is 2. The Morgan fingerprint density at radius 3 is 2.09 bits per heavy atom. The van der Waals surface area contributed by atoms with Gasteiger partial charge in [-0.2, -0.15) is 0 Å². The number of ether oxygens (including phenoxy) is 1. The molecule has 1 saturated heterocycles. The minimum Gasteiger partial charge on any atom is -0.481 e. The summed E-state index contributed by atoms with van der Waals surface area (Å²) in [5.41, 5.74) is 1.61. The van der Waals surface area contributed by atoms with Crippen molar-refractivity contribution in [2.24, 2.45) is 11.8 Å². The predicted octanol–water partition coefficient (Wildman–Crippen LogP) is 4.49. The highest BCUT2D eigenvalue weighted by Gasteiger charge is 2.26. The summed E-state index contributed by atoms with van der Waals surface area (Å²) < 4.78 is 5.49. The zero-order valence-electron chi connectivity index (χ0n) is 18.6. The monoisotopic (exact) mass is 475 g/mol. The van der Waals surface area contributed by atoms with Gasteiger partial charge in [-0.1, -0.05) is 31.7 Å². The molecule has 1 heterocycles. The molecule has 1 aromatic carbocycles. The Labute approximate surface area is 197 Å². The fourth-order valence-electron chi connectivity index (χ4n) is 3.98. The first-order valence-electron chi connectivity index (χ1n) is 10.9. The number of carboxylic acids is 1. The van der Waals surface area contributed by atoms with Crippen molar-refractivity contribution in [3.05, 3.63) is 34.2 Å². The lowest BCUT2D eigenvalue weighted by molar-refractivity contribution is -0.141. The lowest BCUT2D eigenvalue weighted by Crippen LogP contribution is -2.18.